The monoisotopic (exact) mass is 564 g/mol. The molecule has 4 heteroatoms. The van der Waals surface area contributed by atoms with Gasteiger partial charge in [-0.3, -0.25) is 0 Å². The van der Waals surface area contributed by atoms with Gasteiger partial charge < -0.3 is 19.7 Å². The quantitative estimate of drug-likeness (QED) is 0.161. The number of ether oxygens (including phenoxy) is 2. The number of fused-ring (bicyclic) bond motifs is 1. The van der Waals surface area contributed by atoms with Gasteiger partial charge >= 0.3 is 0 Å². The first-order chi connectivity index (χ1) is 19.4. The van der Waals surface area contributed by atoms with Gasteiger partial charge in [-0.2, -0.15) is 0 Å². The SMILES string of the molecule is C=C1CC[C@H](C)C/C1=C/C(O)C1(O)CCC[C@]2(C)[C@@H]([C@H](C)/C=C/[C@H](C)C(C)(C)OCOCc3ccccc3)CC[C@@H]12. The summed E-state index contributed by atoms with van der Waals surface area (Å²) in [5.74, 6) is 1.79. The maximum Gasteiger partial charge on any atom is 0.147 e. The highest BCUT2D eigenvalue weighted by Crippen LogP contribution is 2.61. The first-order valence-electron chi connectivity index (χ1n) is 16.1. The molecule has 0 bridgehead atoms. The lowest BCUT2D eigenvalue weighted by atomic mass is 9.56. The van der Waals surface area contributed by atoms with Crippen molar-refractivity contribution < 1.29 is 19.7 Å². The Balaban J connectivity index is 1.37. The molecule has 2 unspecified atom stereocenters. The Morgan fingerprint density at radius 1 is 1.10 bits per heavy atom. The van der Waals surface area contributed by atoms with Crippen molar-refractivity contribution in [3.05, 3.63) is 71.8 Å². The average molecular weight is 565 g/mol. The molecule has 2 N–H and O–H groups in total. The number of allylic oxidation sites excluding steroid dienone is 3. The second-order valence-electron chi connectivity index (χ2n) is 14.4. The molecule has 0 aliphatic heterocycles. The van der Waals surface area contributed by atoms with Crippen molar-refractivity contribution in [3.63, 3.8) is 0 Å². The highest BCUT2D eigenvalue weighted by molar-refractivity contribution is 5.33. The van der Waals surface area contributed by atoms with Gasteiger partial charge in [0.2, 0.25) is 0 Å². The van der Waals surface area contributed by atoms with Crippen LogP contribution in [0.15, 0.2) is 66.3 Å². The normalized spacial score (nSPS) is 34.1. The van der Waals surface area contributed by atoms with E-state index in [0.29, 0.717) is 30.8 Å². The van der Waals surface area contributed by atoms with Crippen LogP contribution in [-0.4, -0.2) is 34.3 Å². The Morgan fingerprint density at radius 2 is 1.83 bits per heavy atom. The number of hydrogen-bond acceptors (Lipinski definition) is 4. The smallest absolute Gasteiger partial charge is 0.147 e. The topological polar surface area (TPSA) is 58.9 Å². The summed E-state index contributed by atoms with van der Waals surface area (Å²) in [6.45, 7) is 18.5. The zero-order chi connectivity index (χ0) is 29.8. The Labute approximate surface area is 249 Å². The molecule has 4 rings (SSSR count). The molecule has 0 heterocycles. The highest BCUT2D eigenvalue weighted by atomic mass is 16.7. The van der Waals surface area contributed by atoms with Crippen LogP contribution in [0.5, 0.6) is 0 Å². The first kappa shape index (κ1) is 32.2. The van der Waals surface area contributed by atoms with Gasteiger partial charge in [0.1, 0.15) is 12.9 Å². The summed E-state index contributed by atoms with van der Waals surface area (Å²) in [6, 6.07) is 10.2. The molecule has 3 aliphatic carbocycles. The van der Waals surface area contributed by atoms with Crippen molar-refractivity contribution in [1.82, 2.24) is 0 Å². The molecule has 8 atom stereocenters. The van der Waals surface area contributed by atoms with E-state index < -0.39 is 11.7 Å². The second kappa shape index (κ2) is 13.3. The standard InChI is InChI=1S/C37H56O4/c1-26-14-15-27(2)31(22-26)23-34(38)37(39)21-11-20-36(7)32(18-19-33(36)37)28(3)16-17-29(4)35(5,6)41-25-40-24-30-12-9-8-10-13-30/h8-10,12-13,16-17,23,26,28-29,32-34,38-39H,2,11,14-15,18-22,24-25H2,1,3-7H3/b17-16+,31-23-/t26-,28+,29-,32+,33+,34?,36+,37?/m0/s1. The minimum Gasteiger partial charge on any atom is -0.387 e. The van der Waals surface area contributed by atoms with E-state index in [2.05, 4.69) is 72.4 Å². The maximum atomic E-state index is 12.1. The van der Waals surface area contributed by atoms with E-state index in [1.807, 2.05) is 24.3 Å². The molecule has 228 valence electrons. The highest BCUT2D eigenvalue weighted by Gasteiger charge is 2.59. The van der Waals surface area contributed by atoms with Gasteiger partial charge in [-0.15, -0.1) is 0 Å². The molecule has 0 saturated heterocycles. The Morgan fingerprint density at radius 3 is 2.56 bits per heavy atom. The van der Waals surface area contributed by atoms with Crippen molar-refractivity contribution in [2.45, 2.75) is 117 Å². The van der Waals surface area contributed by atoms with E-state index in [9.17, 15) is 10.2 Å². The number of aliphatic hydroxyl groups excluding tert-OH is 1. The fourth-order valence-electron chi connectivity index (χ4n) is 8.08. The fraction of sp³-hybridized carbons (Fsp3) is 0.676. The van der Waals surface area contributed by atoms with Gasteiger partial charge in [-0.1, -0.05) is 82.3 Å². The molecule has 4 nitrogen and oxygen atoms in total. The molecule has 0 spiro atoms. The predicted molar refractivity (Wildman–Crippen MR) is 168 cm³/mol. The minimum absolute atomic E-state index is 0.00758. The van der Waals surface area contributed by atoms with Crippen LogP contribution < -0.4 is 0 Å². The summed E-state index contributed by atoms with van der Waals surface area (Å²) in [6.07, 6.45) is 13.7. The number of benzene rings is 1. The third-order valence-corrected chi connectivity index (χ3v) is 11.2. The number of rotatable bonds is 11. The van der Waals surface area contributed by atoms with Crippen LogP contribution in [0, 0.1) is 35.0 Å². The van der Waals surface area contributed by atoms with Gasteiger partial charge in [0, 0.05) is 5.92 Å². The van der Waals surface area contributed by atoms with Crippen LogP contribution in [0.1, 0.15) is 98.5 Å². The average Bonchev–Trinajstić information content (AvgIpc) is 3.30. The molecule has 0 aromatic heterocycles. The first-order valence-corrected chi connectivity index (χ1v) is 16.1. The summed E-state index contributed by atoms with van der Waals surface area (Å²) < 4.78 is 11.9. The van der Waals surface area contributed by atoms with Gasteiger partial charge in [0.05, 0.1) is 17.8 Å². The van der Waals surface area contributed by atoms with Crippen molar-refractivity contribution in [1.29, 1.82) is 0 Å². The lowest BCUT2D eigenvalue weighted by Crippen LogP contribution is -2.56. The molecular formula is C37H56O4. The van der Waals surface area contributed by atoms with Crippen LogP contribution in [0.25, 0.3) is 0 Å². The zero-order valence-electron chi connectivity index (χ0n) is 26.6. The number of aliphatic hydroxyl groups is 2. The molecule has 1 aromatic rings. The summed E-state index contributed by atoms with van der Waals surface area (Å²) in [5, 5.41) is 23.6. The van der Waals surface area contributed by atoms with Gasteiger partial charge in [0.15, 0.2) is 0 Å². The summed E-state index contributed by atoms with van der Waals surface area (Å²) >= 11 is 0. The van der Waals surface area contributed by atoms with E-state index in [4.69, 9.17) is 9.47 Å². The third kappa shape index (κ3) is 7.26. The lowest BCUT2D eigenvalue weighted by Gasteiger charge is -2.52. The maximum absolute atomic E-state index is 12.1. The van der Waals surface area contributed by atoms with E-state index in [-0.39, 0.29) is 29.6 Å². The van der Waals surface area contributed by atoms with E-state index in [0.717, 1.165) is 61.7 Å². The van der Waals surface area contributed by atoms with E-state index in [1.54, 1.807) is 0 Å². The molecule has 1 aromatic carbocycles. The largest absolute Gasteiger partial charge is 0.387 e. The summed E-state index contributed by atoms with van der Waals surface area (Å²) in [4.78, 5) is 0. The van der Waals surface area contributed by atoms with Crippen molar-refractivity contribution in [2.75, 3.05) is 6.79 Å². The Bertz CT molecular complexity index is 1070. The molecule has 3 aliphatic rings. The Kier molecular flexibility index (Phi) is 10.4. The fourth-order valence-corrected chi connectivity index (χ4v) is 8.08. The second-order valence-corrected chi connectivity index (χ2v) is 14.4. The molecule has 0 amide bonds. The summed E-state index contributed by atoms with van der Waals surface area (Å²) in [7, 11) is 0. The molecule has 41 heavy (non-hydrogen) atoms. The molecule has 3 saturated carbocycles. The van der Waals surface area contributed by atoms with Crippen LogP contribution in [0.2, 0.25) is 0 Å². The molecular weight excluding hydrogens is 508 g/mol. The van der Waals surface area contributed by atoms with E-state index in [1.165, 1.54) is 0 Å². The molecule has 0 radical (unpaired) electrons. The lowest BCUT2D eigenvalue weighted by molar-refractivity contribution is -0.156. The number of hydrogen-bond donors (Lipinski definition) is 2. The zero-order valence-corrected chi connectivity index (χ0v) is 26.6. The third-order valence-electron chi connectivity index (χ3n) is 11.2. The van der Waals surface area contributed by atoms with Crippen LogP contribution in [-0.2, 0) is 16.1 Å². The molecule has 3 fully saturated rings. The van der Waals surface area contributed by atoms with Crippen molar-refractivity contribution in [2.24, 2.45) is 35.0 Å². The van der Waals surface area contributed by atoms with Gasteiger partial charge in [0.25, 0.3) is 0 Å². The minimum atomic E-state index is -1.07. The van der Waals surface area contributed by atoms with Crippen LogP contribution in [0.3, 0.4) is 0 Å². The van der Waals surface area contributed by atoms with Crippen LogP contribution in [0.4, 0.5) is 0 Å². The van der Waals surface area contributed by atoms with Crippen molar-refractivity contribution >= 4 is 0 Å². The van der Waals surface area contributed by atoms with Gasteiger partial charge in [-0.25, -0.2) is 0 Å². The van der Waals surface area contributed by atoms with Gasteiger partial charge in [-0.05, 0) is 112 Å². The van der Waals surface area contributed by atoms with Crippen LogP contribution >= 0.6 is 0 Å². The summed E-state index contributed by atoms with van der Waals surface area (Å²) in [5.41, 5.74) is 2.03. The van der Waals surface area contributed by atoms with E-state index >= 15 is 0 Å². The Hall–Kier alpha value is -1.72. The predicted octanol–water partition coefficient (Wildman–Crippen LogP) is 8.40. The van der Waals surface area contributed by atoms with Crippen molar-refractivity contribution in [3.8, 4) is 0 Å².